The molecule has 0 saturated carbocycles. The second-order valence-corrected chi connectivity index (χ2v) is 6.88. The molecule has 92 valence electrons. The van der Waals surface area contributed by atoms with Gasteiger partial charge >= 0.3 is 0 Å². The number of fused-ring (bicyclic) bond motifs is 1. The van der Waals surface area contributed by atoms with Crippen molar-refractivity contribution in [3.63, 3.8) is 0 Å². The maximum atomic E-state index is 2.34. The average Bonchev–Trinajstić information content (AvgIpc) is 2.57. The molecule has 0 unspecified atom stereocenters. The number of nitrogens with zero attached hydrogens (tertiary/aromatic N) is 1. The Labute approximate surface area is 104 Å². The molecule has 17 heavy (non-hydrogen) atoms. The number of benzene rings is 1. The molecule has 1 heteroatoms. The summed E-state index contributed by atoms with van der Waals surface area (Å²) in [6.07, 6.45) is 2.19. The molecule has 2 aromatic rings. The quantitative estimate of drug-likeness (QED) is 0.617. The van der Waals surface area contributed by atoms with E-state index in [0.717, 1.165) is 0 Å². The second-order valence-electron chi connectivity index (χ2n) is 6.88. The van der Waals surface area contributed by atoms with Gasteiger partial charge in [-0.25, -0.2) is 0 Å². The molecule has 0 spiro atoms. The van der Waals surface area contributed by atoms with Crippen LogP contribution in [0.4, 0.5) is 0 Å². The monoisotopic (exact) mass is 229 g/mol. The highest BCUT2D eigenvalue weighted by molar-refractivity contribution is 5.81. The van der Waals surface area contributed by atoms with E-state index in [1.54, 1.807) is 0 Å². The molecule has 0 N–H and O–H groups in total. The van der Waals surface area contributed by atoms with Gasteiger partial charge in [-0.05, 0) is 55.3 Å². The maximum Gasteiger partial charge on any atom is 0.0485 e. The summed E-state index contributed by atoms with van der Waals surface area (Å²) in [5, 5.41) is 1.34. The van der Waals surface area contributed by atoms with Crippen molar-refractivity contribution >= 4 is 10.9 Å². The van der Waals surface area contributed by atoms with Crippen molar-refractivity contribution in [3.8, 4) is 0 Å². The van der Waals surface area contributed by atoms with Crippen LogP contribution in [-0.4, -0.2) is 4.57 Å². The Bertz CT molecular complexity index is 533. The largest absolute Gasteiger partial charge is 0.342 e. The molecule has 0 aliphatic carbocycles. The highest BCUT2D eigenvalue weighted by Gasteiger charge is 2.17. The van der Waals surface area contributed by atoms with Crippen LogP contribution in [0, 0.1) is 0 Å². The summed E-state index contributed by atoms with van der Waals surface area (Å²) in [7, 11) is 0. The van der Waals surface area contributed by atoms with E-state index < -0.39 is 0 Å². The van der Waals surface area contributed by atoms with Crippen LogP contribution in [0.5, 0.6) is 0 Å². The number of aromatic nitrogens is 1. The molecule has 0 aliphatic rings. The highest BCUT2D eigenvalue weighted by atomic mass is 15.0. The van der Waals surface area contributed by atoms with E-state index in [0.29, 0.717) is 0 Å². The van der Waals surface area contributed by atoms with Crippen LogP contribution in [0.1, 0.15) is 47.1 Å². The zero-order valence-corrected chi connectivity index (χ0v) is 11.8. The van der Waals surface area contributed by atoms with Gasteiger partial charge in [-0.1, -0.05) is 26.8 Å². The van der Waals surface area contributed by atoms with E-state index in [1.165, 1.54) is 16.5 Å². The molecule has 0 fully saturated rings. The zero-order valence-electron chi connectivity index (χ0n) is 11.8. The maximum absolute atomic E-state index is 2.34. The van der Waals surface area contributed by atoms with E-state index in [1.807, 2.05) is 0 Å². The lowest BCUT2D eigenvalue weighted by Gasteiger charge is -2.23. The molecular weight excluding hydrogens is 206 g/mol. The van der Waals surface area contributed by atoms with Gasteiger partial charge in [0.25, 0.3) is 0 Å². The summed E-state index contributed by atoms with van der Waals surface area (Å²) in [6.45, 7) is 13.5. The molecule has 1 nitrogen and oxygen atoms in total. The first-order valence-corrected chi connectivity index (χ1v) is 6.32. The first-order chi connectivity index (χ1) is 7.69. The van der Waals surface area contributed by atoms with E-state index in [2.05, 4.69) is 76.6 Å². The summed E-state index contributed by atoms with van der Waals surface area (Å²) < 4.78 is 2.34. The van der Waals surface area contributed by atoms with E-state index in [4.69, 9.17) is 0 Å². The smallest absolute Gasteiger partial charge is 0.0485 e. The third-order valence-electron chi connectivity index (χ3n) is 3.28. The van der Waals surface area contributed by atoms with E-state index >= 15 is 0 Å². The number of rotatable bonds is 0. The lowest BCUT2D eigenvalue weighted by atomic mass is 9.86. The predicted octanol–water partition coefficient (Wildman–Crippen LogP) is 4.69. The minimum absolute atomic E-state index is 0.144. The Morgan fingerprint density at radius 3 is 2.06 bits per heavy atom. The molecule has 2 rings (SSSR count). The fraction of sp³-hybridized carbons (Fsp3) is 0.500. The Hall–Kier alpha value is -1.24. The van der Waals surface area contributed by atoms with Crippen LogP contribution in [-0.2, 0) is 11.0 Å². The SMILES string of the molecule is CC(C)(C)c1ccc2c(ccn2C(C)(C)C)c1. The first-order valence-electron chi connectivity index (χ1n) is 6.32. The summed E-state index contributed by atoms with van der Waals surface area (Å²) in [5.41, 5.74) is 3.09. The van der Waals surface area contributed by atoms with Crippen molar-refractivity contribution in [2.24, 2.45) is 0 Å². The van der Waals surface area contributed by atoms with Crippen molar-refractivity contribution in [2.45, 2.75) is 52.5 Å². The Morgan fingerprint density at radius 2 is 1.53 bits per heavy atom. The lowest BCUT2D eigenvalue weighted by Crippen LogP contribution is -2.20. The third-order valence-corrected chi connectivity index (χ3v) is 3.28. The number of hydrogen-bond donors (Lipinski definition) is 0. The zero-order chi connectivity index (χ0) is 12.8. The van der Waals surface area contributed by atoms with Gasteiger partial charge in [-0.15, -0.1) is 0 Å². The lowest BCUT2D eigenvalue weighted by molar-refractivity contribution is 0.411. The summed E-state index contributed by atoms with van der Waals surface area (Å²) in [4.78, 5) is 0. The van der Waals surface area contributed by atoms with Crippen LogP contribution >= 0.6 is 0 Å². The molecular formula is C16H23N. The van der Waals surface area contributed by atoms with Crippen LogP contribution in [0.15, 0.2) is 30.5 Å². The molecule has 0 atom stereocenters. The van der Waals surface area contributed by atoms with Gasteiger partial charge in [0.05, 0.1) is 0 Å². The fourth-order valence-corrected chi connectivity index (χ4v) is 2.19. The highest BCUT2D eigenvalue weighted by Crippen LogP contribution is 2.29. The van der Waals surface area contributed by atoms with Crippen molar-refractivity contribution < 1.29 is 0 Å². The minimum atomic E-state index is 0.144. The van der Waals surface area contributed by atoms with Gasteiger partial charge in [-0.3, -0.25) is 0 Å². The number of hydrogen-bond acceptors (Lipinski definition) is 0. The topological polar surface area (TPSA) is 4.93 Å². The molecule has 0 amide bonds. The summed E-state index contributed by atoms with van der Waals surface area (Å²) >= 11 is 0. The molecule has 1 heterocycles. The summed E-state index contributed by atoms with van der Waals surface area (Å²) in [6, 6.07) is 9.04. The molecule has 0 saturated heterocycles. The Kier molecular flexibility index (Phi) is 2.61. The molecule has 1 aromatic carbocycles. The second kappa shape index (κ2) is 3.63. The molecule has 0 bridgehead atoms. The summed E-state index contributed by atoms with van der Waals surface area (Å²) in [5.74, 6) is 0. The fourth-order valence-electron chi connectivity index (χ4n) is 2.19. The van der Waals surface area contributed by atoms with Crippen LogP contribution in [0.25, 0.3) is 10.9 Å². The van der Waals surface area contributed by atoms with Crippen LogP contribution in [0.3, 0.4) is 0 Å². The van der Waals surface area contributed by atoms with Gasteiger partial charge in [-0.2, -0.15) is 0 Å². The normalized spacial score (nSPS) is 13.3. The third kappa shape index (κ3) is 2.24. The van der Waals surface area contributed by atoms with Gasteiger partial charge in [0.2, 0.25) is 0 Å². The Morgan fingerprint density at radius 1 is 0.882 bits per heavy atom. The van der Waals surface area contributed by atoms with Crippen LogP contribution in [0.2, 0.25) is 0 Å². The van der Waals surface area contributed by atoms with Crippen LogP contribution < -0.4 is 0 Å². The van der Waals surface area contributed by atoms with Crippen molar-refractivity contribution in [1.82, 2.24) is 4.57 Å². The van der Waals surface area contributed by atoms with E-state index in [-0.39, 0.29) is 11.0 Å². The van der Waals surface area contributed by atoms with Gasteiger partial charge in [0, 0.05) is 17.3 Å². The minimum Gasteiger partial charge on any atom is -0.342 e. The van der Waals surface area contributed by atoms with Crippen molar-refractivity contribution in [2.75, 3.05) is 0 Å². The average molecular weight is 229 g/mol. The molecule has 0 radical (unpaired) electrons. The first kappa shape index (κ1) is 12.2. The van der Waals surface area contributed by atoms with Gasteiger partial charge in [0.1, 0.15) is 0 Å². The predicted molar refractivity (Wildman–Crippen MR) is 75.6 cm³/mol. The van der Waals surface area contributed by atoms with E-state index in [9.17, 15) is 0 Å². The van der Waals surface area contributed by atoms with Gasteiger partial charge < -0.3 is 4.57 Å². The standard InChI is InChI=1S/C16H23N/c1-15(2,3)13-7-8-14-12(11-13)9-10-17(14)16(4,5)6/h7-11H,1-6H3. The molecule has 1 aromatic heterocycles. The van der Waals surface area contributed by atoms with Crippen molar-refractivity contribution in [3.05, 3.63) is 36.0 Å². The Balaban J connectivity index is 2.61. The van der Waals surface area contributed by atoms with Crippen molar-refractivity contribution in [1.29, 1.82) is 0 Å². The van der Waals surface area contributed by atoms with Gasteiger partial charge in [0.15, 0.2) is 0 Å². The molecule has 0 aliphatic heterocycles.